The molecule has 0 fully saturated rings. The monoisotopic (exact) mass is 213 g/mol. The van der Waals surface area contributed by atoms with Gasteiger partial charge in [0.25, 0.3) is 0 Å². The molecule has 82 valence electrons. The number of allylic oxidation sites excluding steroid dienone is 2. The Hall–Kier alpha value is -1.70. The van der Waals surface area contributed by atoms with Gasteiger partial charge in [-0.1, -0.05) is 29.3 Å². The van der Waals surface area contributed by atoms with Gasteiger partial charge in [0.2, 0.25) is 0 Å². The Morgan fingerprint density at radius 1 is 1.25 bits per heavy atom. The molecule has 0 saturated carbocycles. The molecule has 2 nitrogen and oxygen atoms in total. The van der Waals surface area contributed by atoms with Gasteiger partial charge in [0.05, 0.1) is 5.70 Å². The summed E-state index contributed by atoms with van der Waals surface area (Å²) in [7, 11) is 0. The second-order valence-corrected chi connectivity index (χ2v) is 4.66. The molecule has 2 aliphatic rings. The Bertz CT molecular complexity index is 513. The van der Waals surface area contributed by atoms with Crippen molar-refractivity contribution in [1.82, 2.24) is 0 Å². The van der Waals surface area contributed by atoms with E-state index in [-0.39, 0.29) is 6.10 Å². The summed E-state index contributed by atoms with van der Waals surface area (Å²) >= 11 is 0. The molecule has 16 heavy (non-hydrogen) atoms. The Morgan fingerprint density at radius 3 is 2.88 bits per heavy atom. The van der Waals surface area contributed by atoms with E-state index >= 15 is 0 Å². The summed E-state index contributed by atoms with van der Waals surface area (Å²) in [5.41, 5.74) is 10.6. The van der Waals surface area contributed by atoms with Gasteiger partial charge < -0.3 is 10.5 Å². The van der Waals surface area contributed by atoms with Crippen molar-refractivity contribution in [1.29, 1.82) is 0 Å². The van der Waals surface area contributed by atoms with Gasteiger partial charge >= 0.3 is 0 Å². The van der Waals surface area contributed by atoms with Gasteiger partial charge in [-0.2, -0.15) is 0 Å². The lowest BCUT2D eigenvalue weighted by molar-refractivity contribution is 0.253. The Morgan fingerprint density at radius 2 is 2.06 bits per heavy atom. The number of ether oxygens (including phenoxy) is 1. The van der Waals surface area contributed by atoms with Crippen LogP contribution < -0.4 is 10.5 Å². The van der Waals surface area contributed by atoms with Crippen LogP contribution in [0.15, 0.2) is 41.6 Å². The summed E-state index contributed by atoms with van der Waals surface area (Å²) in [5, 5.41) is 0. The molecular formula is C14H15NO. The smallest absolute Gasteiger partial charge is 0.148 e. The SMILES string of the molecule is CC1=CC2c3cc(C)ccc3OC2C(N)=C1. The topological polar surface area (TPSA) is 35.2 Å². The van der Waals surface area contributed by atoms with Crippen molar-refractivity contribution in [2.24, 2.45) is 5.73 Å². The molecule has 2 N–H and O–H groups in total. The average Bonchev–Trinajstić information content (AvgIpc) is 2.57. The number of fused-ring (bicyclic) bond motifs is 3. The number of hydrogen-bond donors (Lipinski definition) is 1. The van der Waals surface area contributed by atoms with E-state index in [0.717, 1.165) is 11.4 Å². The van der Waals surface area contributed by atoms with Crippen molar-refractivity contribution in [3.05, 3.63) is 52.7 Å². The summed E-state index contributed by atoms with van der Waals surface area (Å²) in [6.45, 7) is 4.18. The highest BCUT2D eigenvalue weighted by Gasteiger charge is 2.36. The summed E-state index contributed by atoms with van der Waals surface area (Å²) in [6.07, 6.45) is 4.24. The minimum Gasteiger partial charge on any atom is -0.483 e. The number of nitrogens with two attached hydrogens (primary N) is 1. The normalized spacial score (nSPS) is 26.4. The maximum Gasteiger partial charge on any atom is 0.148 e. The second-order valence-electron chi connectivity index (χ2n) is 4.66. The molecular weight excluding hydrogens is 198 g/mol. The van der Waals surface area contributed by atoms with Gasteiger partial charge in [-0.3, -0.25) is 0 Å². The third kappa shape index (κ3) is 1.26. The van der Waals surface area contributed by atoms with E-state index < -0.39 is 0 Å². The van der Waals surface area contributed by atoms with Gasteiger partial charge in [-0.25, -0.2) is 0 Å². The Kier molecular flexibility index (Phi) is 1.87. The quantitative estimate of drug-likeness (QED) is 0.719. The molecule has 1 aliphatic heterocycles. The number of rotatable bonds is 0. The van der Waals surface area contributed by atoms with Crippen LogP contribution in [0.5, 0.6) is 5.75 Å². The zero-order chi connectivity index (χ0) is 11.3. The van der Waals surface area contributed by atoms with E-state index in [9.17, 15) is 0 Å². The molecule has 0 spiro atoms. The summed E-state index contributed by atoms with van der Waals surface area (Å²) in [6, 6.07) is 6.31. The van der Waals surface area contributed by atoms with E-state index in [4.69, 9.17) is 10.5 Å². The summed E-state index contributed by atoms with van der Waals surface area (Å²) < 4.78 is 5.89. The minimum atomic E-state index is 0.000463. The molecule has 3 rings (SSSR count). The molecule has 0 saturated heterocycles. The van der Waals surface area contributed by atoms with E-state index in [1.165, 1.54) is 16.7 Å². The molecule has 0 amide bonds. The molecule has 2 atom stereocenters. The van der Waals surface area contributed by atoms with Crippen molar-refractivity contribution in [3.63, 3.8) is 0 Å². The maximum atomic E-state index is 6.02. The third-order valence-electron chi connectivity index (χ3n) is 3.27. The van der Waals surface area contributed by atoms with Crippen LogP contribution in [0.3, 0.4) is 0 Å². The van der Waals surface area contributed by atoms with Crippen LogP contribution in [0.1, 0.15) is 24.0 Å². The first kappa shape index (κ1) is 9.52. The van der Waals surface area contributed by atoms with Crippen molar-refractivity contribution < 1.29 is 4.74 Å². The first-order chi connectivity index (χ1) is 7.65. The van der Waals surface area contributed by atoms with Gasteiger partial charge in [0, 0.05) is 11.5 Å². The van der Waals surface area contributed by atoms with Crippen LogP contribution in [0, 0.1) is 6.92 Å². The van der Waals surface area contributed by atoms with E-state index in [1.54, 1.807) is 0 Å². The van der Waals surface area contributed by atoms with Gasteiger partial charge in [-0.05, 0) is 26.0 Å². The van der Waals surface area contributed by atoms with Crippen LogP contribution >= 0.6 is 0 Å². The second kappa shape index (κ2) is 3.14. The highest BCUT2D eigenvalue weighted by molar-refractivity contribution is 5.50. The fraction of sp³-hybridized carbons (Fsp3) is 0.286. The first-order valence-electron chi connectivity index (χ1n) is 5.58. The summed E-state index contributed by atoms with van der Waals surface area (Å²) in [4.78, 5) is 0. The number of hydrogen-bond acceptors (Lipinski definition) is 2. The van der Waals surface area contributed by atoms with Crippen LogP contribution in [0.25, 0.3) is 0 Å². The van der Waals surface area contributed by atoms with Crippen molar-refractivity contribution in [2.45, 2.75) is 25.9 Å². The fourth-order valence-corrected chi connectivity index (χ4v) is 2.54. The van der Waals surface area contributed by atoms with Gasteiger partial charge in [0.1, 0.15) is 11.9 Å². The standard InChI is InChI=1S/C14H15NO/c1-8-3-4-13-10(5-8)11-6-9(2)7-12(15)14(11)16-13/h3-7,11,14H,15H2,1-2H3. The highest BCUT2D eigenvalue weighted by Crippen LogP contribution is 2.43. The molecule has 1 heterocycles. The molecule has 1 aliphatic carbocycles. The predicted octanol–water partition coefficient (Wildman–Crippen LogP) is 2.64. The molecule has 1 aromatic rings. The minimum absolute atomic E-state index is 0.000463. The predicted molar refractivity (Wildman–Crippen MR) is 64.4 cm³/mol. The molecule has 0 bridgehead atoms. The molecule has 1 aromatic carbocycles. The lowest BCUT2D eigenvalue weighted by Crippen LogP contribution is -2.27. The third-order valence-corrected chi connectivity index (χ3v) is 3.27. The Balaban J connectivity index is 2.12. The Labute approximate surface area is 95.4 Å². The maximum absolute atomic E-state index is 6.02. The average molecular weight is 213 g/mol. The molecule has 2 heteroatoms. The number of aryl methyl sites for hydroxylation is 1. The lowest BCUT2D eigenvalue weighted by Gasteiger charge is -2.21. The van der Waals surface area contributed by atoms with Gasteiger partial charge in [-0.15, -0.1) is 0 Å². The largest absolute Gasteiger partial charge is 0.483 e. The fourth-order valence-electron chi connectivity index (χ4n) is 2.54. The summed E-state index contributed by atoms with van der Waals surface area (Å²) in [5.74, 6) is 1.27. The van der Waals surface area contributed by atoms with E-state index in [0.29, 0.717) is 5.92 Å². The van der Waals surface area contributed by atoms with E-state index in [2.05, 4.69) is 32.1 Å². The lowest BCUT2D eigenvalue weighted by atomic mass is 9.87. The van der Waals surface area contributed by atoms with Crippen LogP contribution in [-0.2, 0) is 0 Å². The van der Waals surface area contributed by atoms with Gasteiger partial charge in [0.15, 0.2) is 0 Å². The zero-order valence-corrected chi connectivity index (χ0v) is 9.53. The highest BCUT2D eigenvalue weighted by atomic mass is 16.5. The molecule has 0 aromatic heterocycles. The molecule has 2 unspecified atom stereocenters. The van der Waals surface area contributed by atoms with Crippen LogP contribution in [0.4, 0.5) is 0 Å². The van der Waals surface area contributed by atoms with E-state index in [1.807, 2.05) is 12.1 Å². The number of benzene rings is 1. The molecule has 0 radical (unpaired) electrons. The van der Waals surface area contributed by atoms with Crippen molar-refractivity contribution in [3.8, 4) is 5.75 Å². The van der Waals surface area contributed by atoms with Crippen molar-refractivity contribution >= 4 is 0 Å². The van der Waals surface area contributed by atoms with Crippen molar-refractivity contribution in [2.75, 3.05) is 0 Å². The van der Waals surface area contributed by atoms with Crippen LogP contribution in [0.2, 0.25) is 0 Å². The zero-order valence-electron chi connectivity index (χ0n) is 9.53. The van der Waals surface area contributed by atoms with Crippen LogP contribution in [-0.4, -0.2) is 6.10 Å². The first-order valence-corrected chi connectivity index (χ1v) is 5.58.